The number of hydrogen-bond donors (Lipinski definition) is 6. The fourth-order valence-corrected chi connectivity index (χ4v) is 7.02. The SMILES string of the molecule is COc1c(N2CCN(C(=O)OC(P(=O)(O)O)P(=O)(O)O)C(C)C2)c(C)c(N)c2c(=O)c(C(=O)O)cn(C3CC3)c12. The first kappa shape index (κ1) is 29.8. The molecule has 2 aliphatic rings. The number of hydrogen-bond acceptors (Lipinski definition) is 9. The monoisotopic (exact) mass is 604 g/mol. The number of nitrogens with two attached hydrogens (primary N) is 1. The van der Waals surface area contributed by atoms with Crippen LogP contribution in [0.4, 0.5) is 16.2 Å². The van der Waals surface area contributed by atoms with E-state index in [1.165, 1.54) is 13.3 Å². The van der Waals surface area contributed by atoms with Crippen LogP contribution in [0.15, 0.2) is 11.0 Å². The van der Waals surface area contributed by atoms with Gasteiger partial charge < -0.3 is 54.3 Å². The minimum atomic E-state index is -5.49. The van der Waals surface area contributed by atoms with Crippen molar-refractivity contribution >= 4 is 49.5 Å². The molecule has 0 bridgehead atoms. The summed E-state index contributed by atoms with van der Waals surface area (Å²) in [7, 11) is -9.57. The Morgan fingerprint density at radius 1 is 1.12 bits per heavy atom. The first-order chi connectivity index (χ1) is 18.5. The average molecular weight is 604 g/mol. The van der Waals surface area contributed by atoms with Crippen LogP contribution in [-0.2, 0) is 13.9 Å². The van der Waals surface area contributed by atoms with Gasteiger partial charge in [0.15, 0.2) is 5.75 Å². The number of anilines is 2. The number of carboxylic acid groups (broad SMARTS) is 1. The number of methoxy groups -OCH3 is 1. The quantitative estimate of drug-likeness (QED) is 0.192. The number of nitrogens with zero attached hydrogens (tertiary/aromatic N) is 3. The van der Waals surface area contributed by atoms with Gasteiger partial charge in [-0.05, 0) is 26.7 Å². The first-order valence-electron chi connectivity index (χ1n) is 12.1. The Hall–Kier alpha value is -3.13. The Labute approximate surface area is 227 Å². The molecule has 1 aromatic carbocycles. The number of nitrogen functional groups attached to an aromatic ring is 1. The number of carbonyl (C=O) groups is 2. The van der Waals surface area contributed by atoms with Crippen molar-refractivity contribution in [1.82, 2.24) is 9.47 Å². The Balaban J connectivity index is 1.74. The normalized spacial score (nSPS) is 18.4. The Bertz CT molecular complexity index is 1520. The van der Waals surface area contributed by atoms with Gasteiger partial charge in [-0.25, -0.2) is 9.59 Å². The maximum atomic E-state index is 13.2. The van der Waals surface area contributed by atoms with Crippen molar-refractivity contribution in [2.45, 2.75) is 44.4 Å². The number of pyridine rings is 1. The lowest BCUT2D eigenvalue weighted by Gasteiger charge is -2.41. The Morgan fingerprint density at radius 3 is 2.20 bits per heavy atom. The second-order valence-electron chi connectivity index (χ2n) is 9.84. The number of carboxylic acids is 1. The number of rotatable bonds is 7. The van der Waals surface area contributed by atoms with E-state index in [9.17, 15) is 48.2 Å². The van der Waals surface area contributed by atoms with Crippen molar-refractivity contribution < 1.29 is 52.9 Å². The summed E-state index contributed by atoms with van der Waals surface area (Å²) in [5.41, 5.74) is 3.72. The largest absolute Gasteiger partial charge is 0.492 e. The van der Waals surface area contributed by atoms with Crippen molar-refractivity contribution in [1.29, 1.82) is 0 Å². The number of aromatic carboxylic acids is 1. The van der Waals surface area contributed by atoms with E-state index in [4.69, 9.17) is 10.5 Å². The van der Waals surface area contributed by atoms with Gasteiger partial charge in [-0.3, -0.25) is 13.9 Å². The average Bonchev–Trinajstić information content (AvgIpc) is 3.68. The lowest BCUT2D eigenvalue weighted by Crippen LogP contribution is -2.54. The minimum absolute atomic E-state index is 0.0288. The highest BCUT2D eigenvalue weighted by Crippen LogP contribution is 2.60. The van der Waals surface area contributed by atoms with Crippen molar-refractivity contribution in [3.05, 3.63) is 27.5 Å². The summed E-state index contributed by atoms with van der Waals surface area (Å²) >= 11 is 0. The fraction of sp³-hybridized carbons (Fsp3) is 0.500. The summed E-state index contributed by atoms with van der Waals surface area (Å²) in [5, 5.41) is 9.65. The van der Waals surface area contributed by atoms with E-state index in [0.29, 0.717) is 16.8 Å². The molecule has 18 heteroatoms. The highest BCUT2D eigenvalue weighted by molar-refractivity contribution is 7.70. The Kier molecular flexibility index (Phi) is 7.73. The number of amides is 1. The fourth-order valence-electron chi connectivity index (χ4n) is 5.00. The van der Waals surface area contributed by atoms with Crippen LogP contribution in [0.5, 0.6) is 5.75 Å². The Morgan fingerprint density at radius 2 is 1.73 bits per heavy atom. The van der Waals surface area contributed by atoms with Crippen LogP contribution in [0.3, 0.4) is 0 Å². The van der Waals surface area contributed by atoms with Crippen LogP contribution < -0.4 is 20.8 Å². The molecule has 40 heavy (non-hydrogen) atoms. The predicted octanol–water partition coefficient (Wildman–Crippen LogP) is 1.22. The molecule has 1 atom stereocenters. The van der Waals surface area contributed by atoms with E-state index in [2.05, 4.69) is 4.74 Å². The molecule has 4 rings (SSSR count). The molecule has 2 heterocycles. The van der Waals surface area contributed by atoms with Gasteiger partial charge in [0.2, 0.25) is 5.43 Å². The third-order valence-electron chi connectivity index (χ3n) is 7.03. The van der Waals surface area contributed by atoms with Gasteiger partial charge in [-0.2, -0.15) is 0 Å². The number of fused-ring (bicyclic) bond motifs is 1. The van der Waals surface area contributed by atoms with E-state index in [0.717, 1.165) is 17.7 Å². The van der Waals surface area contributed by atoms with Gasteiger partial charge in [-0.15, -0.1) is 0 Å². The molecule has 1 aromatic heterocycles. The van der Waals surface area contributed by atoms with Gasteiger partial charge in [-0.1, -0.05) is 0 Å². The summed E-state index contributed by atoms with van der Waals surface area (Å²) in [6, 6.07) is -0.719. The molecule has 7 N–H and O–H groups in total. The van der Waals surface area contributed by atoms with Crippen molar-refractivity contribution in [3.63, 3.8) is 0 Å². The van der Waals surface area contributed by atoms with Gasteiger partial charge in [0, 0.05) is 43.5 Å². The van der Waals surface area contributed by atoms with E-state index in [-0.39, 0.29) is 42.5 Å². The predicted molar refractivity (Wildman–Crippen MR) is 142 cm³/mol. The van der Waals surface area contributed by atoms with Crippen LogP contribution in [-0.4, -0.2) is 84.6 Å². The maximum Gasteiger partial charge on any atom is 0.411 e. The molecular weight excluding hydrogens is 574 g/mol. The summed E-state index contributed by atoms with van der Waals surface area (Å²) in [6.45, 7) is 3.43. The summed E-state index contributed by atoms with van der Waals surface area (Å²) < 4.78 is 35.1. The number of piperazine rings is 1. The zero-order valence-corrected chi connectivity index (χ0v) is 23.5. The molecule has 1 amide bonds. The van der Waals surface area contributed by atoms with E-state index in [1.54, 1.807) is 18.4 Å². The smallest absolute Gasteiger partial charge is 0.411 e. The molecule has 1 unspecified atom stereocenters. The highest BCUT2D eigenvalue weighted by atomic mass is 31.2. The zero-order chi connectivity index (χ0) is 29.9. The van der Waals surface area contributed by atoms with Gasteiger partial charge in [0.1, 0.15) is 5.56 Å². The lowest BCUT2D eigenvalue weighted by atomic mass is 10.0. The van der Waals surface area contributed by atoms with Gasteiger partial charge in [0.05, 0.1) is 29.4 Å². The number of carbonyl (C=O) groups excluding carboxylic acids is 1. The molecule has 16 nitrogen and oxygen atoms in total. The van der Waals surface area contributed by atoms with Crippen LogP contribution in [0.1, 0.15) is 41.7 Å². The molecular formula is C22H30N4O12P2. The van der Waals surface area contributed by atoms with E-state index in [1.807, 2.05) is 4.90 Å². The standard InChI is InChI=1S/C22H30N4O12P2/c1-10-8-24(6-7-25(10)21(30)38-22(39(31,32)33)40(34,35)36)16-11(2)15(23)14-17(19(16)37-3)26(12-4-5-12)9-13(18(14)27)20(28)29/h9-10,12,22H,4-8,23H2,1-3H3,(H,28,29)(H2,31,32,33)(H2,34,35,36). The second kappa shape index (κ2) is 10.4. The molecule has 2 fully saturated rings. The van der Waals surface area contributed by atoms with E-state index >= 15 is 0 Å². The first-order valence-corrected chi connectivity index (χ1v) is 15.5. The second-order valence-corrected chi connectivity index (χ2v) is 13.5. The van der Waals surface area contributed by atoms with Gasteiger partial charge >= 0.3 is 32.8 Å². The number of ether oxygens (including phenoxy) is 2. The number of aromatic nitrogens is 1. The number of benzene rings is 1. The molecule has 1 saturated heterocycles. The van der Waals surface area contributed by atoms with Crippen LogP contribution in [0, 0.1) is 6.92 Å². The van der Waals surface area contributed by atoms with Crippen molar-refractivity contribution in [2.24, 2.45) is 0 Å². The molecule has 2 aromatic rings. The molecule has 220 valence electrons. The topological polar surface area (TPSA) is 242 Å². The molecule has 0 radical (unpaired) electrons. The van der Waals surface area contributed by atoms with E-state index < -0.39 is 49.9 Å². The summed E-state index contributed by atoms with van der Waals surface area (Å²) in [5.74, 6) is -1.09. The maximum absolute atomic E-state index is 13.2. The minimum Gasteiger partial charge on any atom is -0.492 e. The zero-order valence-electron chi connectivity index (χ0n) is 21.8. The lowest BCUT2D eigenvalue weighted by molar-refractivity contribution is 0.0694. The summed E-state index contributed by atoms with van der Waals surface area (Å²) in [6.07, 6.45) is 1.52. The highest BCUT2D eigenvalue weighted by Gasteiger charge is 2.48. The van der Waals surface area contributed by atoms with Crippen LogP contribution in [0.2, 0.25) is 0 Å². The van der Waals surface area contributed by atoms with Crippen LogP contribution in [0.25, 0.3) is 10.9 Å². The van der Waals surface area contributed by atoms with Crippen molar-refractivity contribution in [2.75, 3.05) is 37.4 Å². The summed E-state index contributed by atoms with van der Waals surface area (Å²) in [4.78, 5) is 77.7. The third kappa shape index (κ3) is 5.30. The molecule has 1 aliphatic heterocycles. The van der Waals surface area contributed by atoms with Crippen molar-refractivity contribution in [3.8, 4) is 5.75 Å². The van der Waals surface area contributed by atoms with Crippen LogP contribution >= 0.6 is 15.2 Å². The molecule has 0 spiro atoms. The molecule has 1 saturated carbocycles. The van der Waals surface area contributed by atoms with Gasteiger partial charge in [0.25, 0.3) is 0 Å². The molecule has 1 aliphatic carbocycles. The third-order valence-corrected chi connectivity index (χ3v) is 10.2.